The van der Waals surface area contributed by atoms with Gasteiger partial charge in [0.2, 0.25) is 0 Å². The number of nitrogens with zero attached hydrogens (tertiary/aromatic N) is 1. The zero-order valence-electron chi connectivity index (χ0n) is 12.7. The number of hydrogen-bond acceptors (Lipinski definition) is 1. The van der Waals surface area contributed by atoms with E-state index in [0.717, 1.165) is 31.4 Å². The van der Waals surface area contributed by atoms with Gasteiger partial charge in [-0.25, -0.2) is 4.39 Å². The normalized spacial score (nSPS) is 16.5. The van der Waals surface area contributed by atoms with Crippen LogP contribution in [0.2, 0.25) is 0 Å². The smallest absolute Gasteiger partial charge is 0.188 e. The van der Waals surface area contributed by atoms with Gasteiger partial charge in [-0.3, -0.25) is 4.99 Å². The van der Waals surface area contributed by atoms with Crippen molar-refractivity contribution in [3.63, 3.8) is 0 Å². The van der Waals surface area contributed by atoms with Gasteiger partial charge in [0.15, 0.2) is 5.96 Å². The molecule has 1 aromatic carbocycles. The monoisotopic (exact) mass is 405 g/mol. The van der Waals surface area contributed by atoms with E-state index in [0.29, 0.717) is 18.4 Å². The summed E-state index contributed by atoms with van der Waals surface area (Å²) >= 11 is 0. The molecule has 0 aliphatic heterocycles. The number of nitrogens with two attached hydrogens (primary N) is 1. The molecule has 0 saturated heterocycles. The second-order valence-electron chi connectivity index (χ2n) is 6.10. The summed E-state index contributed by atoms with van der Waals surface area (Å²) in [6.07, 6.45) is 3.18. The van der Waals surface area contributed by atoms with Gasteiger partial charge in [0.05, 0.1) is 6.54 Å². The first kappa shape index (κ1) is 18.2. The zero-order valence-corrected chi connectivity index (χ0v) is 15.1. The molecule has 3 N–H and O–H groups in total. The van der Waals surface area contributed by atoms with Crippen LogP contribution >= 0.6 is 24.0 Å². The minimum absolute atomic E-state index is 0. The summed E-state index contributed by atoms with van der Waals surface area (Å²) < 4.78 is 13.3. The summed E-state index contributed by atoms with van der Waals surface area (Å²) in [5, 5.41) is 3.13. The lowest BCUT2D eigenvalue weighted by Crippen LogP contribution is -2.33. The number of benzene rings is 1. The Bertz CT molecular complexity index is 484. The Morgan fingerprint density at radius 1 is 1.43 bits per heavy atom. The highest BCUT2D eigenvalue weighted by Gasteiger charge is 2.44. The Hall–Kier alpha value is -0.850. The summed E-state index contributed by atoms with van der Waals surface area (Å²) in [4.78, 5) is 4.42. The van der Waals surface area contributed by atoms with Crippen molar-refractivity contribution in [3.8, 4) is 0 Å². The summed E-state index contributed by atoms with van der Waals surface area (Å²) in [6, 6.07) is 6.84. The van der Waals surface area contributed by atoms with Crippen LogP contribution in [0.3, 0.4) is 0 Å². The van der Waals surface area contributed by atoms with Gasteiger partial charge in [0, 0.05) is 12.0 Å². The first-order valence-corrected chi connectivity index (χ1v) is 7.32. The predicted octanol–water partition coefficient (Wildman–Crippen LogP) is 3.43. The quantitative estimate of drug-likeness (QED) is 0.433. The maximum absolute atomic E-state index is 13.3. The topological polar surface area (TPSA) is 50.4 Å². The molecule has 118 valence electrons. The molecule has 0 heterocycles. The van der Waals surface area contributed by atoms with Crippen LogP contribution in [0.1, 0.15) is 38.7 Å². The van der Waals surface area contributed by atoms with E-state index in [1.165, 1.54) is 6.07 Å². The Labute approximate surface area is 143 Å². The van der Waals surface area contributed by atoms with Crippen LogP contribution in [0.5, 0.6) is 0 Å². The lowest BCUT2D eigenvalue weighted by molar-refractivity contribution is 0.575. The van der Waals surface area contributed by atoms with E-state index < -0.39 is 0 Å². The van der Waals surface area contributed by atoms with E-state index in [9.17, 15) is 4.39 Å². The number of aliphatic imine (C=N–C) groups is 1. The molecule has 0 radical (unpaired) electrons. The SMILES string of the molecule is CC(C)CCNC(N)=NCC1(c2cccc(F)c2)CC1.I. The van der Waals surface area contributed by atoms with Gasteiger partial charge in [0.25, 0.3) is 0 Å². The van der Waals surface area contributed by atoms with Gasteiger partial charge in [-0.1, -0.05) is 26.0 Å². The number of hydrogen-bond donors (Lipinski definition) is 2. The standard InChI is InChI=1S/C16H24FN3.HI/c1-12(2)6-9-19-15(18)20-11-16(7-8-16)13-4-3-5-14(17)10-13;/h3-5,10,12H,6-9,11H2,1-2H3,(H3,18,19,20);1H. The Balaban J connectivity index is 0.00000220. The van der Waals surface area contributed by atoms with Crippen molar-refractivity contribution in [2.24, 2.45) is 16.6 Å². The van der Waals surface area contributed by atoms with Crippen LogP contribution in [0.15, 0.2) is 29.3 Å². The Morgan fingerprint density at radius 3 is 2.71 bits per heavy atom. The molecule has 1 aliphatic carbocycles. The molecule has 3 nitrogen and oxygen atoms in total. The highest BCUT2D eigenvalue weighted by Crippen LogP contribution is 2.48. The van der Waals surface area contributed by atoms with Crippen molar-refractivity contribution in [1.29, 1.82) is 0 Å². The average Bonchev–Trinajstić information content (AvgIpc) is 3.17. The molecule has 21 heavy (non-hydrogen) atoms. The molecule has 0 atom stereocenters. The summed E-state index contributed by atoms with van der Waals surface area (Å²) in [7, 11) is 0. The van der Waals surface area contributed by atoms with Crippen molar-refractivity contribution in [2.75, 3.05) is 13.1 Å². The highest BCUT2D eigenvalue weighted by molar-refractivity contribution is 14.0. The average molecular weight is 405 g/mol. The lowest BCUT2D eigenvalue weighted by atomic mass is 9.96. The first-order chi connectivity index (χ1) is 9.52. The minimum atomic E-state index is -0.180. The third-order valence-electron chi connectivity index (χ3n) is 3.87. The van der Waals surface area contributed by atoms with Crippen molar-refractivity contribution in [3.05, 3.63) is 35.6 Å². The van der Waals surface area contributed by atoms with E-state index >= 15 is 0 Å². The lowest BCUT2D eigenvalue weighted by Gasteiger charge is -2.14. The fourth-order valence-corrected chi connectivity index (χ4v) is 2.29. The summed E-state index contributed by atoms with van der Waals surface area (Å²) in [5.41, 5.74) is 6.91. The molecule has 2 rings (SSSR count). The van der Waals surface area contributed by atoms with E-state index in [1.54, 1.807) is 12.1 Å². The molecule has 0 unspecified atom stereocenters. The second-order valence-corrected chi connectivity index (χ2v) is 6.10. The fourth-order valence-electron chi connectivity index (χ4n) is 2.29. The van der Waals surface area contributed by atoms with Crippen LogP contribution in [0, 0.1) is 11.7 Å². The van der Waals surface area contributed by atoms with Crippen LogP contribution in [-0.4, -0.2) is 19.0 Å². The largest absolute Gasteiger partial charge is 0.370 e. The molecular weight excluding hydrogens is 380 g/mol. The fraction of sp³-hybridized carbons (Fsp3) is 0.562. The maximum Gasteiger partial charge on any atom is 0.188 e. The van der Waals surface area contributed by atoms with Crippen LogP contribution in [-0.2, 0) is 5.41 Å². The van der Waals surface area contributed by atoms with E-state index in [4.69, 9.17) is 5.73 Å². The van der Waals surface area contributed by atoms with E-state index in [1.807, 2.05) is 6.07 Å². The Kier molecular flexibility index (Phi) is 6.90. The van der Waals surface area contributed by atoms with Gasteiger partial charge in [-0.15, -0.1) is 24.0 Å². The van der Waals surface area contributed by atoms with Crippen LogP contribution < -0.4 is 11.1 Å². The molecule has 0 spiro atoms. The maximum atomic E-state index is 13.3. The first-order valence-electron chi connectivity index (χ1n) is 7.32. The summed E-state index contributed by atoms with van der Waals surface area (Å²) in [5.74, 6) is 0.964. The predicted molar refractivity (Wildman–Crippen MR) is 96.7 cm³/mol. The number of rotatable bonds is 6. The van der Waals surface area contributed by atoms with Crippen LogP contribution in [0.25, 0.3) is 0 Å². The molecule has 1 aromatic rings. The van der Waals surface area contributed by atoms with Gasteiger partial charge in [-0.05, 0) is 42.9 Å². The van der Waals surface area contributed by atoms with Crippen molar-refractivity contribution >= 4 is 29.9 Å². The van der Waals surface area contributed by atoms with Gasteiger partial charge in [0.1, 0.15) is 5.82 Å². The van der Waals surface area contributed by atoms with E-state index in [2.05, 4.69) is 24.2 Å². The van der Waals surface area contributed by atoms with Crippen LogP contribution in [0.4, 0.5) is 4.39 Å². The third kappa shape index (κ3) is 5.45. The second kappa shape index (κ2) is 7.96. The van der Waals surface area contributed by atoms with Gasteiger partial charge < -0.3 is 11.1 Å². The highest BCUT2D eigenvalue weighted by atomic mass is 127. The van der Waals surface area contributed by atoms with E-state index in [-0.39, 0.29) is 35.2 Å². The molecule has 1 fully saturated rings. The molecule has 0 amide bonds. The number of guanidine groups is 1. The molecular formula is C16H25FIN3. The Morgan fingerprint density at radius 2 is 2.14 bits per heavy atom. The molecule has 5 heteroatoms. The minimum Gasteiger partial charge on any atom is -0.370 e. The third-order valence-corrected chi connectivity index (χ3v) is 3.87. The zero-order chi connectivity index (χ0) is 14.6. The molecule has 1 saturated carbocycles. The molecule has 0 bridgehead atoms. The number of halogens is 2. The number of nitrogens with one attached hydrogen (secondary N) is 1. The van der Waals surface area contributed by atoms with Crippen molar-refractivity contribution in [1.82, 2.24) is 5.32 Å². The summed E-state index contributed by atoms with van der Waals surface area (Å²) in [6.45, 7) is 5.84. The molecule has 0 aromatic heterocycles. The van der Waals surface area contributed by atoms with Gasteiger partial charge >= 0.3 is 0 Å². The van der Waals surface area contributed by atoms with Gasteiger partial charge in [-0.2, -0.15) is 0 Å². The van der Waals surface area contributed by atoms with Crippen molar-refractivity contribution < 1.29 is 4.39 Å². The van der Waals surface area contributed by atoms with Crippen molar-refractivity contribution in [2.45, 2.75) is 38.5 Å². The molecule has 1 aliphatic rings.